The quantitative estimate of drug-likeness (QED) is 0.579. The smallest absolute Gasteiger partial charge is 0.241 e. The number of hydrogen-bond acceptors (Lipinski definition) is 2. The van der Waals surface area contributed by atoms with Crippen molar-refractivity contribution in [3.05, 3.63) is 0 Å². The molecule has 58 valence electrons. The van der Waals surface area contributed by atoms with Crippen molar-refractivity contribution < 1.29 is 4.79 Å². The number of hydrogen-bond donors (Lipinski definition) is 2. The van der Waals surface area contributed by atoms with E-state index in [1.54, 1.807) is 0 Å². The van der Waals surface area contributed by atoms with Crippen molar-refractivity contribution in [3.8, 4) is 0 Å². The molecule has 1 aliphatic rings. The minimum atomic E-state index is -0.264. The zero-order chi connectivity index (χ0) is 7.61. The third-order valence-electron chi connectivity index (χ3n) is 2.32. The van der Waals surface area contributed by atoms with Crippen molar-refractivity contribution in [2.24, 2.45) is 0 Å². The topological polar surface area (TPSA) is 41.1 Å². The molecule has 0 radical (unpaired) electrons. The maximum atomic E-state index is 11.2. The van der Waals surface area contributed by atoms with Gasteiger partial charge in [0.2, 0.25) is 5.91 Å². The predicted octanol–water partition coefficient (Wildman–Crippen LogP) is 0.222. The molecule has 0 spiro atoms. The highest BCUT2D eigenvalue weighted by atomic mass is 16.2. The standard InChI is InChI=1S/C7H14N2O/c1-3-7(4-2)6(10)8-5-9-7/h9H,3-5H2,1-2H3,(H,8,10). The molecule has 10 heavy (non-hydrogen) atoms. The van der Waals surface area contributed by atoms with Crippen LogP contribution in [-0.2, 0) is 4.79 Å². The van der Waals surface area contributed by atoms with Crippen molar-refractivity contribution >= 4 is 5.91 Å². The number of rotatable bonds is 2. The molecular weight excluding hydrogens is 128 g/mol. The summed E-state index contributed by atoms with van der Waals surface area (Å²) in [6, 6.07) is 0. The van der Waals surface area contributed by atoms with Gasteiger partial charge in [-0.3, -0.25) is 10.1 Å². The molecule has 1 rings (SSSR count). The fraction of sp³-hybridized carbons (Fsp3) is 0.857. The van der Waals surface area contributed by atoms with Crippen LogP contribution in [0.5, 0.6) is 0 Å². The normalized spacial score (nSPS) is 22.8. The Bertz CT molecular complexity index is 141. The summed E-state index contributed by atoms with van der Waals surface area (Å²) in [5.41, 5.74) is -0.264. The minimum Gasteiger partial charge on any atom is -0.342 e. The molecule has 1 heterocycles. The third-order valence-corrected chi connectivity index (χ3v) is 2.32. The van der Waals surface area contributed by atoms with E-state index in [1.165, 1.54) is 0 Å². The van der Waals surface area contributed by atoms with E-state index in [-0.39, 0.29) is 11.4 Å². The van der Waals surface area contributed by atoms with Crippen LogP contribution in [0.2, 0.25) is 0 Å². The van der Waals surface area contributed by atoms with Crippen LogP contribution in [0, 0.1) is 0 Å². The molecule has 3 nitrogen and oxygen atoms in total. The molecule has 0 aromatic rings. The molecule has 2 N–H and O–H groups in total. The van der Waals surface area contributed by atoms with Crippen molar-refractivity contribution in [1.29, 1.82) is 0 Å². The number of carbonyl (C=O) groups is 1. The second-order valence-electron chi connectivity index (χ2n) is 2.65. The Hall–Kier alpha value is -0.570. The lowest BCUT2D eigenvalue weighted by molar-refractivity contribution is -0.124. The van der Waals surface area contributed by atoms with E-state index in [9.17, 15) is 4.79 Å². The maximum absolute atomic E-state index is 11.2. The first kappa shape index (κ1) is 7.54. The van der Waals surface area contributed by atoms with Gasteiger partial charge in [0.05, 0.1) is 12.2 Å². The van der Waals surface area contributed by atoms with Crippen LogP contribution in [0.25, 0.3) is 0 Å². The molecule has 1 fully saturated rings. The van der Waals surface area contributed by atoms with Gasteiger partial charge in [-0.2, -0.15) is 0 Å². The Morgan fingerprint density at radius 1 is 1.50 bits per heavy atom. The monoisotopic (exact) mass is 142 g/mol. The average molecular weight is 142 g/mol. The van der Waals surface area contributed by atoms with Gasteiger partial charge in [-0.1, -0.05) is 13.8 Å². The maximum Gasteiger partial charge on any atom is 0.241 e. The van der Waals surface area contributed by atoms with E-state index in [2.05, 4.69) is 10.6 Å². The van der Waals surface area contributed by atoms with Gasteiger partial charge in [0.1, 0.15) is 0 Å². The molecule has 1 aliphatic heterocycles. The number of amides is 1. The second kappa shape index (κ2) is 2.58. The van der Waals surface area contributed by atoms with Crippen molar-refractivity contribution in [3.63, 3.8) is 0 Å². The van der Waals surface area contributed by atoms with Crippen LogP contribution in [-0.4, -0.2) is 18.1 Å². The SMILES string of the molecule is CCC1(CC)NCNC1=O. The van der Waals surface area contributed by atoms with Gasteiger partial charge in [-0.25, -0.2) is 0 Å². The van der Waals surface area contributed by atoms with Gasteiger partial charge in [0.15, 0.2) is 0 Å². The van der Waals surface area contributed by atoms with Crippen LogP contribution < -0.4 is 10.6 Å². The lowest BCUT2D eigenvalue weighted by Gasteiger charge is -2.22. The van der Waals surface area contributed by atoms with Crippen molar-refractivity contribution in [2.75, 3.05) is 6.67 Å². The first-order valence-corrected chi connectivity index (χ1v) is 3.78. The highest BCUT2D eigenvalue weighted by Gasteiger charge is 2.38. The lowest BCUT2D eigenvalue weighted by Crippen LogP contribution is -2.44. The van der Waals surface area contributed by atoms with Gasteiger partial charge < -0.3 is 5.32 Å². The molecule has 0 saturated carbocycles. The van der Waals surface area contributed by atoms with Crippen molar-refractivity contribution in [2.45, 2.75) is 32.2 Å². The average Bonchev–Trinajstić information content (AvgIpc) is 2.32. The molecule has 0 aromatic heterocycles. The fourth-order valence-corrected chi connectivity index (χ4v) is 1.36. The molecule has 1 amide bonds. The van der Waals surface area contributed by atoms with E-state index in [0.717, 1.165) is 12.8 Å². The zero-order valence-electron chi connectivity index (χ0n) is 6.53. The van der Waals surface area contributed by atoms with Crippen LogP contribution in [0.15, 0.2) is 0 Å². The molecule has 0 aliphatic carbocycles. The molecule has 0 atom stereocenters. The van der Waals surface area contributed by atoms with Gasteiger partial charge >= 0.3 is 0 Å². The van der Waals surface area contributed by atoms with Crippen molar-refractivity contribution in [1.82, 2.24) is 10.6 Å². The van der Waals surface area contributed by atoms with Gasteiger partial charge in [0, 0.05) is 0 Å². The molecule has 3 heteroatoms. The minimum absolute atomic E-state index is 0.150. The number of nitrogens with one attached hydrogen (secondary N) is 2. The second-order valence-corrected chi connectivity index (χ2v) is 2.65. The summed E-state index contributed by atoms with van der Waals surface area (Å²) in [7, 11) is 0. The summed E-state index contributed by atoms with van der Waals surface area (Å²) in [4.78, 5) is 11.2. The van der Waals surface area contributed by atoms with Gasteiger partial charge in [-0.15, -0.1) is 0 Å². The van der Waals surface area contributed by atoms with E-state index < -0.39 is 0 Å². The molecule has 0 unspecified atom stereocenters. The van der Waals surface area contributed by atoms with Crippen LogP contribution in [0.1, 0.15) is 26.7 Å². The third kappa shape index (κ3) is 0.904. The Kier molecular flexibility index (Phi) is 1.94. The Balaban J connectivity index is 2.71. The largest absolute Gasteiger partial charge is 0.342 e. The first-order valence-electron chi connectivity index (χ1n) is 3.78. The Morgan fingerprint density at radius 2 is 2.10 bits per heavy atom. The zero-order valence-corrected chi connectivity index (χ0v) is 6.53. The lowest BCUT2D eigenvalue weighted by atomic mass is 9.93. The fourth-order valence-electron chi connectivity index (χ4n) is 1.36. The molecular formula is C7H14N2O. The van der Waals surface area contributed by atoms with Gasteiger partial charge in [0.25, 0.3) is 0 Å². The van der Waals surface area contributed by atoms with E-state index in [0.29, 0.717) is 6.67 Å². The van der Waals surface area contributed by atoms with Crippen LogP contribution in [0.4, 0.5) is 0 Å². The highest BCUT2D eigenvalue weighted by Crippen LogP contribution is 2.17. The summed E-state index contributed by atoms with van der Waals surface area (Å²) in [5, 5.41) is 5.92. The molecule has 1 saturated heterocycles. The summed E-state index contributed by atoms with van der Waals surface area (Å²) < 4.78 is 0. The van der Waals surface area contributed by atoms with Gasteiger partial charge in [-0.05, 0) is 12.8 Å². The molecule has 0 aromatic carbocycles. The Morgan fingerprint density at radius 3 is 2.30 bits per heavy atom. The first-order chi connectivity index (χ1) is 4.75. The number of carbonyl (C=O) groups excluding carboxylic acids is 1. The molecule has 0 bridgehead atoms. The van der Waals surface area contributed by atoms with E-state index in [4.69, 9.17) is 0 Å². The van der Waals surface area contributed by atoms with Crippen LogP contribution in [0.3, 0.4) is 0 Å². The highest BCUT2D eigenvalue weighted by molar-refractivity contribution is 5.88. The van der Waals surface area contributed by atoms with E-state index >= 15 is 0 Å². The summed E-state index contributed by atoms with van der Waals surface area (Å²) in [6.45, 7) is 4.68. The predicted molar refractivity (Wildman–Crippen MR) is 39.5 cm³/mol. The van der Waals surface area contributed by atoms with E-state index in [1.807, 2.05) is 13.8 Å². The Labute approximate surface area is 61.2 Å². The van der Waals surface area contributed by atoms with Crippen LogP contribution >= 0.6 is 0 Å². The summed E-state index contributed by atoms with van der Waals surface area (Å²) in [6.07, 6.45) is 1.74. The summed E-state index contributed by atoms with van der Waals surface area (Å²) >= 11 is 0. The summed E-state index contributed by atoms with van der Waals surface area (Å²) in [5.74, 6) is 0.150.